The van der Waals surface area contributed by atoms with Crippen LogP contribution in [0.25, 0.3) is 0 Å². The zero-order valence-corrected chi connectivity index (χ0v) is 11.9. The van der Waals surface area contributed by atoms with Crippen molar-refractivity contribution in [3.8, 4) is 5.75 Å². The molecule has 0 bridgehead atoms. The first kappa shape index (κ1) is 13.2. The molecular formula is C16H21N3O. The molecule has 0 unspecified atom stereocenters. The van der Waals surface area contributed by atoms with E-state index in [1.165, 1.54) is 18.4 Å². The van der Waals surface area contributed by atoms with Gasteiger partial charge in [0, 0.05) is 25.3 Å². The summed E-state index contributed by atoms with van der Waals surface area (Å²) >= 11 is 0. The monoisotopic (exact) mass is 271 g/mol. The van der Waals surface area contributed by atoms with Crippen LogP contribution in [0.1, 0.15) is 24.1 Å². The highest BCUT2D eigenvalue weighted by Gasteiger charge is 2.20. The van der Waals surface area contributed by atoms with Gasteiger partial charge >= 0.3 is 0 Å². The maximum absolute atomic E-state index is 5.16. The zero-order chi connectivity index (χ0) is 13.8. The third-order valence-corrected chi connectivity index (χ3v) is 3.63. The molecule has 2 aromatic rings. The van der Waals surface area contributed by atoms with Crippen molar-refractivity contribution in [2.24, 2.45) is 0 Å². The summed E-state index contributed by atoms with van der Waals surface area (Å²) in [5, 5.41) is 8.07. The number of aromatic nitrogens is 2. The highest BCUT2D eigenvalue weighted by atomic mass is 16.5. The molecule has 4 heteroatoms. The number of hydrogen-bond donors (Lipinski definition) is 1. The molecule has 1 aliphatic carbocycles. The molecule has 1 aromatic heterocycles. The largest absolute Gasteiger partial charge is 0.497 e. The smallest absolute Gasteiger partial charge is 0.118 e. The van der Waals surface area contributed by atoms with Crippen LogP contribution in [0.15, 0.2) is 36.5 Å². The number of hydrogen-bond acceptors (Lipinski definition) is 3. The van der Waals surface area contributed by atoms with Crippen LogP contribution in [0.4, 0.5) is 0 Å². The Morgan fingerprint density at radius 2 is 2.05 bits per heavy atom. The van der Waals surface area contributed by atoms with Gasteiger partial charge < -0.3 is 10.1 Å². The fourth-order valence-electron chi connectivity index (χ4n) is 2.19. The summed E-state index contributed by atoms with van der Waals surface area (Å²) in [6.45, 7) is 1.80. The molecule has 1 saturated carbocycles. The summed E-state index contributed by atoms with van der Waals surface area (Å²) in [7, 11) is 1.69. The van der Waals surface area contributed by atoms with Gasteiger partial charge in [0.1, 0.15) is 5.75 Å². The van der Waals surface area contributed by atoms with Crippen LogP contribution in [0.5, 0.6) is 5.75 Å². The molecule has 3 rings (SSSR count). The van der Waals surface area contributed by atoms with E-state index in [1.54, 1.807) is 7.11 Å². The normalized spacial score (nSPS) is 14.4. The van der Waals surface area contributed by atoms with Crippen molar-refractivity contribution in [2.75, 3.05) is 7.11 Å². The maximum atomic E-state index is 5.16. The van der Waals surface area contributed by atoms with Crippen LogP contribution in [0, 0.1) is 0 Å². The Morgan fingerprint density at radius 3 is 2.75 bits per heavy atom. The highest BCUT2D eigenvalue weighted by molar-refractivity contribution is 5.27. The van der Waals surface area contributed by atoms with Crippen LogP contribution in [-0.4, -0.2) is 22.9 Å². The number of benzene rings is 1. The fraction of sp³-hybridized carbons (Fsp3) is 0.438. The number of aryl methyl sites for hydroxylation is 2. The Balaban J connectivity index is 1.49. The SMILES string of the molecule is COc1ccc(CCn2ccc(CNC3CC3)n2)cc1. The van der Waals surface area contributed by atoms with Gasteiger partial charge in [-0.3, -0.25) is 4.68 Å². The molecule has 0 atom stereocenters. The molecule has 0 amide bonds. The number of nitrogens with one attached hydrogen (secondary N) is 1. The zero-order valence-electron chi connectivity index (χ0n) is 11.9. The van der Waals surface area contributed by atoms with E-state index in [2.05, 4.69) is 34.8 Å². The Morgan fingerprint density at radius 1 is 1.25 bits per heavy atom. The Labute approximate surface area is 119 Å². The molecule has 0 radical (unpaired) electrons. The van der Waals surface area contributed by atoms with E-state index in [4.69, 9.17) is 4.74 Å². The summed E-state index contributed by atoms with van der Waals surface area (Å²) in [6, 6.07) is 11.1. The second-order valence-electron chi connectivity index (χ2n) is 5.32. The summed E-state index contributed by atoms with van der Waals surface area (Å²) in [5.74, 6) is 0.904. The van der Waals surface area contributed by atoms with Crippen LogP contribution in [0.3, 0.4) is 0 Å². The van der Waals surface area contributed by atoms with Crippen molar-refractivity contribution in [1.29, 1.82) is 0 Å². The minimum Gasteiger partial charge on any atom is -0.497 e. The van der Waals surface area contributed by atoms with Crippen molar-refractivity contribution >= 4 is 0 Å². The summed E-state index contributed by atoms with van der Waals surface area (Å²) in [5.41, 5.74) is 2.44. The summed E-state index contributed by atoms with van der Waals surface area (Å²) in [6.07, 6.45) is 5.69. The van der Waals surface area contributed by atoms with Crippen molar-refractivity contribution in [3.63, 3.8) is 0 Å². The average Bonchev–Trinajstić information content (AvgIpc) is 3.22. The number of rotatable bonds is 7. The molecule has 0 spiro atoms. The predicted molar refractivity (Wildman–Crippen MR) is 78.8 cm³/mol. The molecule has 4 nitrogen and oxygen atoms in total. The molecule has 1 heterocycles. The molecule has 1 aliphatic rings. The van der Waals surface area contributed by atoms with Crippen molar-refractivity contribution in [3.05, 3.63) is 47.8 Å². The van der Waals surface area contributed by atoms with E-state index >= 15 is 0 Å². The van der Waals surface area contributed by atoms with Crippen LogP contribution in [0.2, 0.25) is 0 Å². The van der Waals surface area contributed by atoms with Crippen molar-refractivity contribution < 1.29 is 4.74 Å². The van der Waals surface area contributed by atoms with Crippen molar-refractivity contribution in [2.45, 2.75) is 38.4 Å². The summed E-state index contributed by atoms with van der Waals surface area (Å²) in [4.78, 5) is 0. The van der Waals surface area contributed by atoms with Gasteiger partial charge in [0.25, 0.3) is 0 Å². The number of ether oxygens (including phenoxy) is 1. The first-order valence-electron chi connectivity index (χ1n) is 7.22. The summed E-state index contributed by atoms with van der Waals surface area (Å²) < 4.78 is 7.18. The molecule has 1 fully saturated rings. The van der Waals surface area contributed by atoms with Gasteiger partial charge in [0.15, 0.2) is 0 Å². The Bertz CT molecular complexity index is 543. The molecule has 106 valence electrons. The first-order valence-corrected chi connectivity index (χ1v) is 7.22. The Hall–Kier alpha value is -1.81. The first-order chi connectivity index (χ1) is 9.83. The molecular weight excluding hydrogens is 250 g/mol. The van der Waals surface area contributed by atoms with Gasteiger partial charge in [0.2, 0.25) is 0 Å². The second-order valence-corrected chi connectivity index (χ2v) is 5.32. The Kier molecular flexibility index (Phi) is 4.02. The third kappa shape index (κ3) is 3.61. The van der Waals surface area contributed by atoms with E-state index in [0.29, 0.717) is 0 Å². The lowest BCUT2D eigenvalue weighted by molar-refractivity contribution is 0.414. The van der Waals surface area contributed by atoms with Crippen LogP contribution >= 0.6 is 0 Å². The number of nitrogens with zero attached hydrogens (tertiary/aromatic N) is 2. The van der Waals surface area contributed by atoms with Gasteiger partial charge in [-0.2, -0.15) is 5.10 Å². The molecule has 0 saturated heterocycles. The lowest BCUT2D eigenvalue weighted by atomic mass is 10.1. The van der Waals surface area contributed by atoms with E-state index in [1.807, 2.05) is 16.8 Å². The van der Waals surface area contributed by atoms with Gasteiger partial charge in [0.05, 0.1) is 12.8 Å². The predicted octanol–water partition coefficient (Wildman–Crippen LogP) is 2.39. The minimum absolute atomic E-state index is 0.736. The standard InChI is InChI=1S/C16H21N3O/c1-20-16-6-2-13(3-7-16)8-10-19-11-9-15(18-19)12-17-14-4-5-14/h2-3,6-7,9,11,14,17H,4-5,8,10,12H2,1H3. The van der Waals surface area contributed by atoms with E-state index in [0.717, 1.165) is 37.0 Å². The van der Waals surface area contributed by atoms with E-state index < -0.39 is 0 Å². The van der Waals surface area contributed by atoms with Gasteiger partial charge in [-0.25, -0.2) is 0 Å². The van der Waals surface area contributed by atoms with E-state index in [9.17, 15) is 0 Å². The molecule has 1 aromatic carbocycles. The lowest BCUT2D eigenvalue weighted by Gasteiger charge is -2.04. The lowest BCUT2D eigenvalue weighted by Crippen LogP contribution is -2.16. The van der Waals surface area contributed by atoms with E-state index in [-0.39, 0.29) is 0 Å². The minimum atomic E-state index is 0.736. The van der Waals surface area contributed by atoms with Crippen molar-refractivity contribution in [1.82, 2.24) is 15.1 Å². The third-order valence-electron chi connectivity index (χ3n) is 3.63. The second kappa shape index (κ2) is 6.09. The van der Waals surface area contributed by atoms with Gasteiger partial charge in [-0.15, -0.1) is 0 Å². The average molecular weight is 271 g/mol. The van der Waals surface area contributed by atoms with Crippen LogP contribution in [-0.2, 0) is 19.5 Å². The topological polar surface area (TPSA) is 39.1 Å². The quantitative estimate of drug-likeness (QED) is 0.840. The van der Waals surface area contributed by atoms with Gasteiger partial charge in [-0.05, 0) is 43.0 Å². The maximum Gasteiger partial charge on any atom is 0.118 e. The number of methoxy groups -OCH3 is 1. The van der Waals surface area contributed by atoms with Gasteiger partial charge in [-0.1, -0.05) is 12.1 Å². The fourth-order valence-corrected chi connectivity index (χ4v) is 2.19. The molecule has 0 aliphatic heterocycles. The highest BCUT2D eigenvalue weighted by Crippen LogP contribution is 2.19. The van der Waals surface area contributed by atoms with Crippen LogP contribution < -0.4 is 10.1 Å². The molecule has 20 heavy (non-hydrogen) atoms. The molecule has 1 N–H and O–H groups in total.